The maximum absolute atomic E-state index is 12.1. The van der Waals surface area contributed by atoms with Crippen LogP contribution in [0.25, 0.3) is 0 Å². The average Bonchev–Trinajstić information content (AvgIpc) is 2.50. The van der Waals surface area contributed by atoms with Crippen LogP contribution < -0.4 is 10.1 Å². The number of amides is 1. The topological polar surface area (TPSA) is 38.3 Å². The van der Waals surface area contributed by atoms with Crippen molar-refractivity contribution in [3.05, 3.63) is 29.8 Å². The first-order valence-corrected chi connectivity index (χ1v) is 8.53. The molecule has 0 fully saturated rings. The number of hydrogen-bond acceptors (Lipinski definition) is 3. The maximum Gasteiger partial charge on any atom is 0.226 e. The number of carbonyl (C=O) groups excluding carboxylic acids is 1. The van der Waals surface area contributed by atoms with Crippen molar-refractivity contribution in [1.82, 2.24) is 5.32 Å². The van der Waals surface area contributed by atoms with E-state index >= 15 is 0 Å². The largest absolute Gasteiger partial charge is 0.492 e. The van der Waals surface area contributed by atoms with E-state index in [1.54, 1.807) is 0 Å². The van der Waals surface area contributed by atoms with E-state index in [2.05, 4.69) is 12.2 Å². The van der Waals surface area contributed by atoms with Gasteiger partial charge in [0.15, 0.2) is 0 Å². The van der Waals surface area contributed by atoms with Gasteiger partial charge in [-0.1, -0.05) is 25.1 Å². The molecule has 4 heteroatoms. The molecule has 1 atom stereocenters. The minimum absolute atomic E-state index is 0.0480. The Morgan fingerprint density at radius 3 is 3.10 bits per heavy atom. The normalized spacial score (nSPS) is 17.1. The summed E-state index contributed by atoms with van der Waals surface area (Å²) in [5, 5.41) is 3.03. The lowest BCUT2D eigenvalue weighted by atomic mass is 9.96. The lowest BCUT2D eigenvalue weighted by Gasteiger charge is -2.24. The van der Waals surface area contributed by atoms with Gasteiger partial charge < -0.3 is 10.1 Å². The summed E-state index contributed by atoms with van der Waals surface area (Å²) in [6.07, 6.45) is 3.04. The molecule has 1 aliphatic heterocycles. The zero-order valence-electron chi connectivity index (χ0n) is 12.1. The maximum atomic E-state index is 12.1. The SMILES string of the molecule is CCCSCCCNC(=O)[C@@H]1COc2ccccc2C1. The molecule has 0 aliphatic carbocycles. The van der Waals surface area contributed by atoms with Gasteiger partial charge in [0, 0.05) is 6.54 Å². The molecule has 1 amide bonds. The van der Waals surface area contributed by atoms with Gasteiger partial charge in [0.2, 0.25) is 5.91 Å². The number of fused-ring (bicyclic) bond motifs is 1. The monoisotopic (exact) mass is 293 g/mol. The number of nitrogens with one attached hydrogen (secondary N) is 1. The fraction of sp³-hybridized carbons (Fsp3) is 0.562. The summed E-state index contributed by atoms with van der Waals surface area (Å²) in [6.45, 7) is 3.46. The number of para-hydroxylation sites is 1. The first kappa shape index (κ1) is 15.2. The van der Waals surface area contributed by atoms with E-state index in [0.717, 1.165) is 36.5 Å². The highest BCUT2D eigenvalue weighted by atomic mass is 32.2. The molecule has 1 aromatic rings. The molecule has 0 aromatic heterocycles. The summed E-state index contributed by atoms with van der Waals surface area (Å²) in [6, 6.07) is 7.96. The minimum Gasteiger partial charge on any atom is -0.492 e. The molecule has 0 spiro atoms. The molecule has 3 nitrogen and oxygen atoms in total. The third-order valence-electron chi connectivity index (χ3n) is 3.36. The Bertz CT molecular complexity index is 436. The quantitative estimate of drug-likeness (QED) is 0.786. The third kappa shape index (κ3) is 4.44. The molecular weight excluding hydrogens is 270 g/mol. The van der Waals surface area contributed by atoms with Crippen LogP contribution in [0.5, 0.6) is 5.75 Å². The van der Waals surface area contributed by atoms with Gasteiger partial charge in [-0.2, -0.15) is 11.8 Å². The first-order valence-electron chi connectivity index (χ1n) is 7.37. The van der Waals surface area contributed by atoms with Gasteiger partial charge in [0.05, 0.1) is 5.92 Å². The van der Waals surface area contributed by atoms with E-state index in [1.807, 2.05) is 36.0 Å². The first-order chi connectivity index (χ1) is 9.81. The fourth-order valence-corrected chi connectivity index (χ4v) is 3.11. The zero-order chi connectivity index (χ0) is 14.2. The van der Waals surface area contributed by atoms with Gasteiger partial charge in [-0.05, 0) is 42.4 Å². The molecule has 20 heavy (non-hydrogen) atoms. The summed E-state index contributed by atoms with van der Waals surface area (Å²) in [4.78, 5) is 12.1. The highest BCUT2D eigenvalue weighted by molar-refractivity contribution is 7.99. The Kier molecular flexibility index (Phi) is 6.25. The highest BCUT2D eigenvalue weighted by Gasteiger charge is 2.25. The van der Waals surface area contributed by atoms with Crippen LogP contribution in [0.4, 0.5) is 0 Å². The molecule has 1 aliphatic rings. The van der Waals surface area contributed by atoms with Crippen LogP contribution in [0.3, 0.4) is 0 Å². The highest BCUT2D eigenvalue weighted by Crippen LogP contribution is 2.26. The van der Waals surface area contributed by atoms with Crippen molar-refractivity contribution in [2.75, 3.05) is 24.7 Å². The number of benzene rings is 1. The van der Waals surface area contributed by atoms with Crippen LogP contribution in [-0.4, -0.2) is 30.6 Å². The minimum atomic E-state index is -0.0480. The van der Waals surface area contributed by atoms with E-state index in [9.17, 15) is 4.79 Å². The number of rotatable bonds is 7. The number of thioether (sulfide) groups is 1. The van der Waals surface area contributed by atoms with E-state index in [1.165, 1.54) is 12.2 Å². The summed E-state index contributed by atoms with van der Waals surface area (Å²) in [7, 11) is 0. The van der Waals surface area contributed by atoms with Crippen molar-refractivity contribution in [3.8, 4) is 5.75 Å². The van der Waals surface area contributed by atoms with Crippen molar-refractivity contribution < 1.29 is 9.53 Å². The van der Waals surface area contributed by atoms with Crippen molar-refractivity contribution >= 4 is 17.7 Å². The van der Waals surface area contributed by atoms with E-state index < -0.39 is 0 Å². The van der Waals surface area contributed by atoms with Gasteiger partial charge in [-0.3, -0.25) is 4.79 Å². The Hall–Kier alpha value is -1.16. The van der Waals surface area contributed by atoms with Crippen molar-refractivity contribution in [2.24, 2.45) is 5.92 Å². The van der Waals surface area contributed by atoms with Crippen molar-refractivity contribution in [3.63, 3.8) is 0 Å². The number of carbonyl (C=O) groups is 1. The molecule has 0 unspecified atom stereocenters. The second kappa shape index (κ2) is 8.20. The summed E-state index contributed by atoms with van der Waals surface area (Å²) < 4.78 is 5.65. The fourth-order valence-electron chi connectivity index (χ4n) is 2.27. The molecular formula is C16H23NO2S. The van der Waals surface area contributed by atoms with Crippen LogP contribution >= 0.6 is 11.8 Å². The van der Waals surface area contributed by atoms with Crippen LogP contribution in [0, 0.1) is 5.92 Å². The second-order valence-corrected chi connectivity index (χ2v) is 6.30. The number of hydrogen-bond donors (Lipinski definition) is 1. The van der Waals surface area contributed by atoms with Crippen LogP contribution in [0.1, 0.15) is 25.3 Å². The van der Waals surface area contributed by atoms with E-state index in [-0.39, 0.29) is 11.8 Å². The summed E-state index contributed by atoms with van der Waals surface area (Å²) in [5.41, 5.74) is 1.14. The van der Waals surface area contributed by atoms with Crippen LogP contribution in [-0.2, 0) is 11.2 Å². The summed E-state index contributed by atoms with van der Waals surface area (Å²) in [5.74, 6) is 3.33. The number of ether oxygens (including phenoxy) is 1. The lowest BCUT2D eigenvalue weighted by molar-refractivity contribution is -0.126. The molecule has 1 aromatic carbocycles. The van der Waals surface area contributed by atoms with Crippen molar-refractivity contribution in [1.29, 1.82) is 0 Å². The molecule has 0 saturated heterocycles. The average molecular weight is 293 g/mol. The summed E-state index contributed by atoms with van der Waals surface area (Å²) >= 11 is 1.96. The Labute approximate surface area is 125 Å². The van der Waals surface area contributed by atoms with Gasteiger partial charge in [-0.25, -0.2) is 0 Å². The molecule has 1 heterocycles. The molecule has 2 rings (SSSR count). The smallest absolute Gasteiger partial charge is 0.226 e. The standard InChI is InChI=1S/C16H23NO2S/c1-2-9-20-10-5-8-17-16(18)14-11-13-6-3-4-7-15(13)19-12-14/h3-4,6-7,14H,2,5,8-12H2,1H3,(H,17,18)/t14-/m0/s1. The van der Waals surface area contributed by atoms with Gasteiger partial charge in [0.1, 0.15) is 12.4 Å². The zero-order valence-corrected chi connectivity index (χ0v) is 12.9. The molecule has 0 radical (unpaired) electrons. The van der Waals surface area contributed by atoms with Gasteiger partial charge in [0.25, 0.3) is 0 Å². The van der Waals surface area contributed by atoms with Gasteiger partial charge >= 0.3 is 0 Å². The third-order valence-corrected chi connectivity index (χ3v) is 4.64. The van der Waals surface area contributed by atoms with Crippen LogP contribution in [0.15, 0.2) is 24.3 Å². The molecule has 0 saturated carbocycles. The Morgan fingerprint density at radius 1 is 1.40 bits per heavy atom. The molecule has 1 N–H and O–H groups in total. The molecule has 0 bridgehead atoms. The van der Waals surface area contributed by atoms with Gasteiger partial charge in [-0.15, -0.1) is 0 Å². The Balaban J connectivity index is 1.69. The second-order valence-electron chi connectivity index (χ2n) is 5.08. The van der Waals surface area contributed by atoms with Crippen LogP contribution in [0.2, 0.25) is 0 Å². The Morgan fingerprint density at radius 2 is 2.25 bits per heavy atom. The molecule has 110 valence electrons. The van der Waals surface area contributed by atoms with E-state index in [4.69, 9.17) is 4.74 Å². The predicted octanol–water partition coefficient (Wildman–Crippen LogP) is 2.89. The predicted molar refractivity (Wildman–Crippen MR) is 84.4 cm³/mol. The van der Waals surface area contributed by atoms with Crippen molar-refractivity contribution in [2.45, 2.75) is 26.2 Å². The lowest BCUT2D eigenvalue weighted by Crippen LogP contribution is -2.37. The van der Waals surface area contributed by atoms with E-state index in [0.29, 0.717) is 6.61 Å².